The van der Waals surface area contributed by atoms with E-state index in [0.29, 0.717) is 24.0 Å². The highest BCUT2D eigenvalue weighted by Crippen LogP contribution is 2.42. The second-order valence-electron chi connectivity index (χ2n) is 9.18. The number of ether oxygens (including phenoxy) is 1. The first-order valence-electron chi connectivity index (χ1n) is 11.1. The van der Waals surface area contributed by atoms with Crippen LogP contribution in [0.5, 0.6) is 5.75 Å². The van der Waals surface area contributed by atoms with Gasteiger partial charge in [0.1, 0.15) is 11.3 Å². The lowest BCUT2D eigenvalue weighted by atomic mass is 9.80. The summed E-state index contributed by atoms with van der Waals surface area (Å²) < 4.78 is 5.48. The van der Waals surface area contributed by atoms with Crippen molar-refractivity contribution in [2.24, 2.45) is 0 Å². The van der Waals surface area contributed by atoms with E-state index in [9.17, 15) is 14.4 Å². The van der Waals surface area contributed by atoms with Gasteiger partial charge in [0.15, 0.2) is 0 Å². The Kier molecular flexibility index (Phi) is 5.74. The highest BCUT2D eigenvalue weighted by atomic mass is 16.5. The Hall–Kier alpha value is -3.61. The van der Waals surface area contributed by atoms with Crippen LogP contribution in [0.15, 0.2) is 48.0 Å². The predicted molar refractivity (Wildman–Crippen MR) is 129 cm³/mol. The summed E-state index contributed by atoms with van der Waals surface area (Å²) in [6, 6.07) is 11.8. The molecule has 33 heavy (non-hydrogen) atoms. The van der Waals surface area contributed by atoms with Crippen molar-refractivity contribution in [1.29, 1.82) is 0 Å². The monoisotopic (exact) mass is 447 g/mol. The van der Waals surface area contributed by atoms with Crippen LogP contribution in [-0.2, 0) is 9.59 Å². The minimum atomic E-state index is -0.779. The fraction of sp³-hybridized carbons (Fsp3) is 0.346. The summed E-state index contributed by atoms with van der Waals surface area (Å²) in [6.45, 7) is 8.94. The molecule has 172 valence electrons. The van der Waals surface area contributed by atoms with Crippen LogP contribution in [0.25, 0.3) is 6.08 Å². The molecule has 7 nitrogen and oxygen atoms in total. The molecule has 1 fully saturated rings. The third-order valence-electron chi connectivity index (χ3n) is 6.46. The molecular formula is C26H29N3O4. The number of benzene rings is 2. The molecule has 2 heterocycles. The SMILES string of the molecule is CCOc1cccc(N2C(=O)NC(=O)/C(=C/c3ccc4c(c3)C(C)CC(C)(C)N4C)C2=O)c1. The third kappa shape index (κ3) is 4.11. The van der Waals surface area contributed by atoms with Crippen LogP contribution >= 0.6 is 0 Å². The molecule has 2 aliphatic rings. The maximum atomic E-state index is 13.2. The molecule has 2 aromatic carbocycles. The van der Waals surface area contributed by atoms with Crippen LogP contribution in [0.4, 0.5) is 16.2 Å². The lowest BCUT2D eigenvalue weighted by Gasteiger charge is -2.45. The van der Waals surface area contributed by atoms with Gasteiger partial charge in [-0.2, -0.15) is 0 Å². The largest absolute Gasteiger partial charge is 0.494 e. The zero-order valence-corrected chi connectivity index (χ0v) is 19.6. The van der Waals surface area contributed by atoms with E-state index < -0.39 is 17.8 Å². The molecule has 0 spiro atoms. The molecule has 1 saturated heterocycles. The van der Waals surface area contributed by atoms with Gasteiger partial charge in [0.25, 0.3) is 11.8 Å². The first-order chi connectivity index (χ1) is 15.6. The molecule has 0 aliphatic carbocycles. The van der Waals surface area contributed by atoms with Crippen molar-refractivity contribution in [1.82, 2.24) is 5.32 Å². The maximum Gasteiger partial charge on any atom is 0.335 e. The van der Waals surface area contributed by atoms with Crippen molar-refractivity contribution in [3.8, 4) is 5.75 Å². The van der Waals surface area contributed by atoms with Crippen molar-refractivity contribution in [3.05, 3.63) is 59.2 Å². The summed E-state index contributed by atoms with van der Waals surface area (Å²) in [6.07, 6.45) is 2.55. The smallest absolute Gasteiger partial charge is 0.335 e. The number of nitrogens with one attached hydrogen (secondary N) is 1. The third-order valence-corrected chi connectivity index (χ3v) is 6.46. The lowest BCUT2D eigenvalue weighted by Crippen LogP contribution is -2.54. The molecule has 2 aliphatic heterocycles. The number of nitrogens with zero attached hydrogens (tertiary/aromatic N) is 2. The van der Waals surface area contributed by atoms with Gasteiger partial charge in [-0.3, -0.25) is 14.9 Å². The number of amides is 4. The highest BCUT2D eigenvalue weighted by Gasteiger charge is 2.37. The quantitative estimate of drug-likeness (QED) is 0.553. The topological polar surface area (TPSA) is 79.0 Å². The van der Waals surface area contributed by atoms with Gasteiger partial charge in [-0.25, -0.2) is 9.69 Å². The van der Waals surface area contributed by atoms with Gasteiger partial charge in [-0.05, 0) is 74.6 Å². The molecule has 1 N–H and O–H groups in total. The highest BCUT2D eigenvalue weighted by molar-refractivity contribution is 6.39. The van der Waals surface area contributed by atoms with E-state index in [1.54, 1.807) is 30.3 Å². The predicted octanol–water partition coefficient (Wildman–Crippen LogP) is 4.47. The number of barbiturate groups is 1. The zero-order chi connectivity index (χ0) is 23.9. The van der Waals surface area contributed by atoms with Gasteiger partial charge in [-0.15, -0.1) is 0 Å². The second-order valence-corrected chi connectivity index (χ2v) is 9.18. The van der Waals surface area contributed by atoms with Crippen LogP contribution in [-0.4, -0.2) is 37.0 Å². The summed E-state index contributed by atoms with van der Waals surface area (Å²) in [5.74, 6) is -0.499. The Labute approximate surface area is 194 Å². The standard InChI is InChI=1S/C26H29N3O4/c1-6-33-19-9-7-8-18(14-19)29-24(31)21(23(30)27-25(29)32)13-17-10-11-22-20(12-17)16(2)15-26(3,4)28(22)5/h7-14,16H,6,15H2,1-5H3,(H,27,30,32)/b21-13-. The number of carbonyl (C=O) groups is 3. The zero-order valence-electron chi connectivity index (χ0n) is 19.6. The molecule has 2 aromatic rings. The Bertz CT molecular complexity index is 1170. The molecular weight excluding hydrogens is 418 g/mol. The summed E-state index contributed by atoms with van der Waals surface area (Å²) in [5, 5.41) is 2.28. The number of carbonyl (C=O) groups excluding carboxylic acids is 3. The molecule has 7 heteroatoms. The first-order valence-corrected chi connectivity index (χ1v) is 11.1. The molecule has 0 aromatic heterocycles. The van der Waals surface area contributed by atoms with Gasteiger partial charge in [0.2, 0.25) is 0 Å². The summed E-state index contributed by atoms with van der Waals surface area (Å²) in [7, 11) is 2.08. The molecule has 0 bridgehead atoms. The van der Waals surface area contributed by atoms with E-state index in [1.165, 1.54) is 5.56 Å². The summed E-state index contributed by atoms with van der Waals surface area (Å²) in [5.41, 5.74) is 3.35. The average molecular weight is 448 g/mol. The minimum Gasteiger partial charge on any atom is -0.494 e. The van der Waals surface area contributed by atoms with E-state index in [0.717, 1.165) is 22.6 Å². The van der Waals surface area contributed by atoms with Gasteiger partial charge < -0.3 is 9.64 Å². The van der Waals surface area contributed by atoms with Crippen molar-refractivity contribution in [2.75, 3.05) is 23.5 Å². The number of anilines is 2. The molecule has 0 saturated carbocycles. The van der Waals surface area contributed by atoms with E-state index >= 15 is 0 Å². The van der Waals surface area contributed by atoms with Gasteiger partial charge in [0, 0.05) is 24.3 Å². The van der Waals surface area contributed by atoms with Crippen molar-refractivity contribution in [3.63, 3.8) is 0 Å². The molecule has 4 rings (SSSR count). The van der Waals surface area contributed by atoms with Crippen molar-refractivity contribution >= 4 is 35.3 Å². The van der Waals surface area contributed by atoms with Crippen LogP contribution < -0.4 is 19.9 Å². The van der Waals surface area contributed by atoms with E-state index in [1.807, 2.05) is 25.1 Å². The summed E-state index contributed by atoms with van der Waals surface area (Å²) >= 11 is 0. The summed E-state index contributed by atoms with van der Waals surface area (Å²) in [4.78, 5) is 41.6. The van der Waals surface area contributed by atoms with Crippen LogP contribution in [0, 0.1) is 0 Å². The van der Waals surface area contributed by atoms with Gasteiger partial charge in [0.05, 0.1) is 12.3 Å². The lowest BCUT2D eigenvalue weighted by molar-refractivity contribution is -0.122. The molecule has 1 unspecified atom stereocenters. The minimum absolute atomic E-state index is 0.0442. The van der Waals surface area contributed by atoms with E-state index in [-0.39, 0.29) is 11.1 Å². The molecule has 1 atom stereocenters. The van der Waals surface area contributed by atoms with Crippen molar-refractivity contribution in [2.45, 2.75) is 45.6 Å². The number of rotatable bonds is 4. The Morgan fingerprint density at radius 2 is 1.91 bits per heavy atom. The number of hydrogen-bond donors (Lipinski definition) is 1. The Morgan fingerprint density at radius 1 is 1.15 bits per heavy atom. The van der Waals surface area contributed by atoms with E-state index in [4.69, 9.17) is 4.74 Å². The Balaban J connectivity index is 1.70. The van der Waals surface area contributed by atoms with Crippen molar-refractivity contribution < 1.29 is 19.1 Å². The fourth-order valence-corrected chi connectivity index (χ4v) is 4.62. The number of fused-ring (bicyclic) bond motifs is 1. The number of urea groups is 1. The Morgan fingerprint density at radius 3 is 2.64 bits per heavy atom. The van der Waals surface area contributed by atoms with Crippen LogP contribution in [0.2, 0.25) is 0 Å². The normalized spacial score (nSPS) is 21.2. The maximum absolute atomic E-state index is 13.2. The van der Waals surface area contributed by atoms with Crippen LogP contribution in [0.1, 0.15) is 51.2 Å². The first kappa shape index (κ1) is 22.6. The van der Waals surface area contributed by atoms with Gasteiger partial charge in [-0.1, -0.05) is 19.1 Å². The fourth-order valence-electron chi connectivity index (χ4n) is 4.62. The van der Waals surface area contributed by atoms with E-state index in [2.05, 4.69) is 38.0 Å². The average Bonchev–Trinajstić information content (AvgIpc) is 2.75. The molecule has 4 amide bonds. The second kappa shape index (κ2) is 8.39. The van der Waals surface area contributed by atoms with Crippen LogP contribution in [0.3, 0.4) is 0 Å². The number of imide groups is 2. The molecule has 0 radical (unpaired) electrons. The number of hydrogen-bond acceptors (Lipinski definition) is 5. The van der Waals surface area contributed by atoms with Gasteiger partial charge >= 0.3 is 6.03 Å².